The van der Waals surface area contributed by atoms with E-state index in [4.69, 9.17) is 28.9 Å². The molecule has 0 aliphatic heterocycles. The summed E-state index contributed by atoms with van der Waals surface area (Å²) in [6.45, 7) is 0.266. The van der Waals surface area contributed by atoms with Crippen molar-refractivity contribution in [3.63, 3.8) is 0 Å². The molecule has 26 heavy (non-hydrogen) atoms. The zero-order chi connectivity index (χ0) is 18.4. The van der Waals surface area contributed by atoms with Crippen LogP contribution in [-0.4, -0.2) is 10.5 Å². The fourth-order valence-corrected chi connectivity index (χ4v) is 3.89. The number of benzene rings is 3. The number of carbonyl (C=O) groups is 1. The molecule has 0 unspecified atom stereocenters. The van der Waals surface area contributed by atoms with Gasteiger partial charge in [0.25, 0.3) is 0 Å². The normalized spacial score (nSPS) is 11.3. The van der Waals surface area contributed by atoms with E-state index in [0.717, 1.165) is 0 Å². The van der Waals surface area contributed by atoms with Crippen LogP contribution in [0.25, 0.3) is 21.8 Å². The number of hydrogen-bond donors (Lipinski definition) is 1. The number of para-hydroxylation sites is 1. The molecule has 4 aromatic rings. The quantitative estimate of drug-likeness (QED) is 0.504. The van der Waals surface area contributed by atoms with Gasteiger partial charge in [0, 0.05) is 31.9 Å². The minimum absolute atomic E-state index is 0.266. The molecule has 0 saturated carbocycles. The molecule has 0 bridgehead atoms. The highest BCUT2D eigenvalue weighted by atomic mass is 35.5. The fraction of sp³-hybridized carbons (Fsp3) is 0.0500. The molecule has 0 spiro atoms. The van der Waals surface area contributed by atoms with Gasteiger partial charge in [-0.1, -0.05) is 47.5 Å². The molecule has 1 aromatic heterocycles. The van der Waals surface area contributed by atoms with E-state index in [1.54, 1.807) is 47.0 Å². The molecule has 0 atom stereocenters. The molecule has 2 N–H and O–H groups in total. The standard InChI is InChI=1S/C20H13Cl2FN2O/c21-14-6-3-7-15(22)13(14)10-25-17-9-2-5-12(20(24)26)18(17)11-4-1-8-16(23)19(11)25/h1-9H,10H2,(H2,24,26). The average Bonchev–Trinajstić information content (AvgIpc) is 2.93. The molecule has 3 aromatic carbocycles. The number of hydrogen-bond acceptors (Lipinski definition) is 1. The Labute approximate surface area is 158 Å². The van der Waals surface area contributed by atoms with Crippen molar-refractivity contribution in [3.8, 4) is 0 Å². The SMILES string of the molecule is NC(=O)c1cccc2c1c1cccc(F)c1n2Cc1c(Cl)cccc1Cl. The molecule has 130 valence electrons. The monoisotopic (exact) mass is 386 g/mol. The Hall–Kier alpha value is -2.56. The summed E-state index contributed by atoms with van der Waals surface area (Å²) in [5, 5.41) is 2.24. The summed E-state index contributed by atoms with van der Waals surface area (Å²) in [6.07, 6.45) is 0. The lowest BCUT2D eigenvalue weighted by Crippen LogP contribution is -2.11. The lowest BCUT2D eigenvalue weighted by molar-refractivity contribution is 0.100. The summed E-state index contributed by atoms with van der Waals surface area (Å²) in [6, 6.07) is 15.2. The molecule has 0 fully saturated rings. The first-order chi connectivity index (χ1) is 12.5. The summed E-state index contributed by atoms with van der Waals surface area (Å²) in [5.41, 5.74) is 7.64. The van der Waals surface area contributed by atoms with E-state index in [1.807, 2.05) is 6.07 Å². The van der Waals surface area contributed by atoms with Crippen LogP contribution in [0, 0.1) is 5.82 Å². The Bertz CT molecular complexity index is 1160. The Balaban J connectivity index is 2.11. The van der Waals surface area contributed by atoms with Crippen LogP contribution in [-0.2, 0) is 6.54 Å². The lowest BCUT2D eigenvalue weighted by atomic mass is 10.1. The van der Waals surface area contributed by atoms with Crippen LogP contribution in [0.5, 0.6) is 0 Å². The van der Waals surface area contributed by atoms with Gasteiger partial charge in [0.05, 0.1) is 17.6 Å². The highest BCUT2D eigenvalue weighted by molar-refractivity contribution is 6.36. The van der Waals surface area contributed by atoms with Gasteiger partial charge in [-0.15, -0.1) is 0 Å². The number of primary amides is 1. The summed E-state index contributed by atoms with van der Waals surface area (Å²) in [4.78, 5) is 11.9. The summed E-state index contributed by atoms with van der Waals surface area (Å²) < 4.78 is 16.5. The minimum atomic E-state index is -0.560. The number of nitrogens with zero attached hydrogens (tertiary/aromatic N) is 1. The molecule has 1 amide bonds. The maximum Gasteiger partial charge on any atom is 0.249 e. The summed E-state index contributed by atoms with van der Waals surface area (Å²) >= 11 is 12.6. The van der Waals surface area contributed by atoms with Crippen molar-refractivity contribution in [1.29, 1.82) is 0 Å². The predicted octanol–water partition coefficient (Wildman–Crippen LogP) is 5.39. The van der Waals surface area contributed by atoms with Gasteiger partial charge in [-0.25, -0.2) is 4.39 Å². The molecule has 6 heteroatoms. The molecule has 0 aliphatic rings. The van der Waals surface area contributed by atoms with Crippen LogP contribution < -0.4 is 5.73 Å². The van der Waals surface area contributed by atoms with Gasteiger partial charge in [0.1, 0.15) is 5.82 Å². The van der Waals surface area contributed by atoms with Crippen molar-refractivity contribution in [2.24, 2.45) is 5.73 Å². The van der Waals surface area contributed by atoms with Gasteiger partial charge in [-0.05, 0) is 30.3 Å². The average molecular weight is 387 g/mol. The third-order valence-electron chi connectivity index (χ3n) is 4.50. The van der Waals surface area contributed by atoms with Crippen LogP contribution in [0.3, 0.4) is 0 Å². The van der Waals surface area contributed by atoms with Crippen LogP contribution in [0.2, 0.25) is 10.0 Å². The number of fused-ring (bicyclic) bond motifs is 3. The van der Waals surface area contributed by atoms with Crippen molar-refractivity contribution < 1.29 is 9.18 Å². The number of aromatic nitrogens is 1. The second kappa shape index (κ2) is 6.31. The first-order valence-electron chi connectivity index (χ1n) is 7.91. The zero-order valence-corrected chi connectivity index (χ0v) is 15.0. The van der Waals surface area contributed by atoms with Crippen molar-refractivity contribution in [1.82, 2.24) is 4.57 Å². The van der Waals surface area contributed by atoms with E-state index in [2.05, 4.69) is 0 Å². The first-order valence-corrected chi connectivity index (χ1v) is 8.66. The second-order valence-electron chi connectivity index (χ2n) is 5.99. The van der Waals surface area contributed by atoms with E-state index in [-0.39, 0.29) is 6.54 Å². The van der Waals surface area contributed by atoms with E-state index in [0.29, 0.717) is 43.0 Å². The lowest BCUT2D eigenvalue weighted by Gasteiger charge is -2.11. The van der Waals surface area contributed by atoms with Gasteiger partial charge < -0.3 is 10.3 Å². The van der Waals surface area contributed by atoms with Crippen LogP contribution >= 0.6 is 23.2 Å². The number of rotatable bonds is 3. The molecule has 1 heterocycles. The van der Waals surface area contributed by atoms with E-state index >= 15 is 0 Å². The zero-order valence-electron chi connectivity index (χ0n) is 13.5. The number of nitrogens with two attached hydrogens (primary N) is 1. The number of halogens is 3. The van der Waals surface area contributed by atoms with E-state index in [1.165, 1.54) is 6.07 Å². The van der Waals surface area contributed by atoms with Gasteiger partial charge in [-0.2, -0.15) is 0 Å². The minimum Gasteiger partial charge on any atom is -0.366 e. The molecule has 0 radical (unpaired) electrons. The van der Waals surface area contributed by atoms with Crippen molar-refractivity contribution in [2.45, 2.75) is 6.54 Å². The summed E-state index contributed by atoms with van der Waals surface area (Å²) in [5.74, 6) is -0.952. The maximum absolute atomic E-state index is 14.7. The van der Waals surface area contributed by atoms with Crippen molar-refractivity contribution >= 4 is 50.9 Å². The van der Waals surface area contributed by atoms with E-state index < -0.39 is 11.7 Å². The van der Waals surface area contributed by atoms with Gasteiger partial charge in [0.15, 0.2) is 0 Å². The van der Waals surface area contributed by atoms with Crippen molar-refractivity contribution in [3.05, 3.63) is 81.6 Å². The number of carbonyl (C=O) groups excluding carboxylic acids is 1. The predicted molar refractivity (Wildman–Crippen MR) is 103 cm³/mol. The number of amides is 1. The largest absolute Gasteiger partial charge is 0.366 e. The van der Waals surface area contributed by atoms with E-state index in [9.17, 15) is 9.18 Å². The van der Waals surface area contributed by atoms with Crippen LogP contribution in [0.15, 0.2) is 54.6 Å². The van der Waals surface area contributed by atoms with Gasteiger partial charge in [0.2, 0.25) is 5.91 Å². The Morgan fingerprint density at radius 2 is 1.65 bits per heavy atom. The molecular weight excluding hydrogens is 374 g/mol. The van der Waals surface area contributed by atoms with Gasteiger partial charge >= 0.3 is 0 Å². The topological polar surface area (TPSA) is 48.0 Å². The second-order valence-corrected chi connectivity index (χ2v) is 6.80. The Morgan fingerprint density at radius 3 is 2.35 bits per heavy atom. The third-order valence-corrected chi connectivity index (χ3v) is 5.21. The van der Waals surface area contributed by atoms with Crippen molar-refractivity contribution in [2.75, 3.05) is 0 Å². The summed E-state index contributed by atoms with van der Waals surface area (Å²) in [7, 11) is 0. The molecule has 0 saturated heterocycles. The van der Waals surface area contributed by atoms with Gasteiger partial charge in [-0.3, -0.25) is 4.79 Å². The molecule has 4 rings (SSSR count). The maximum atomic E-state index is 14.7. The van der Waals surface area contributed by atoms with Crippen LogP contribution in [0.1, 0.15) is 15.9 Å². The third kappa shape index (κ3) is 2.54. The smallest absolute Gasteiger partial charge is 0.249 e. The molecule has 0 aliphatic carbocycles. The molecular formula is C20H13Cl2FN2O. The Morgan fingerprint density at radius 1 is 1.00 bits per heavy atom. The fourth-order valence-electron chi connectivity index (χ4n) is 3.37. The highest BCUT2D eigenvalue weighted by Crippen LogP contribution is 2.35. The Kier molecular flexibility index (Phi) is 4.10. The first kappa shape index (κ1) is 16.9. The highest BCUT2D eigenvalue weighted by Gasteiger charge is 2.19. The van der Waals surface area contributed by atoms with Crippen LogP contribution in [0.4, 0.5) is 4.39 Å². The molecule has 3 nitrogen and oxygen atoms in total.